The number of carbonyl (C=O) groups is 1. The Morgan fingerprint density at radius 1 is 1.35 bits per heavy atom. The van der Waals surface area contributed by atoms with Gasteiger partial charge in [0, 0.05) is 12.6 Å². The molecule has 10 nitrogen and oxygen atoms in total. The Balaban J connectivity index is 1.63. The lowest BCUT2D eigenvalue weighted by Crippen LogP contribution is -2.38. The largest absolute Gasteiger partial charge is 0.507 e. The lowest BCUT2D eigenvalue weighted by molar-refractivity contribution is 0.0558. The monoisotopic (exact) mass is 355 g/mol. The van der Waals surface area contributed by atoms with E-state index < -0.39 is 0 Å². The molecule has 0 aliphatic carbocycles. The molecular weight excluding hydrogens is 338 g/mol. The molecule has 4 rings (SSSR count). The van der Waals surface area contributed by atoms with Gasteiger partial charge in [0.25, 0.3) is 5.91 Å². The molecule has 0 spiro atoms. The van der Waals surface area contributed by atoms with E-state index >= 15 is 0 Å². The van der Waals surface area contributed by atoms with Crippen LogP contribution in [0.5, 0.6) is 5.75 Å². The van der Waals surface area contributed by atoms with Gasteiger partial charge >= 0.3 is 0 Å². The summed E-state index contributed by atoms with van der Waals surface area (Å²) in [7, 11) is 0. The molecule has 0 radical (unpaired) electrons. The van der Waals surface area contributed by atoms with Gasteiger partial charge in [-0.15, -0.1) is 5.10 Å². The Hall–Kier alpha value is -3.30. The summed E-state index contributed by atoms with van der Waals surface area (Å²) in [6.45, 7) is 2.31. The van der Waals surface area contributed by atoms with Crippen molar-refractivity contribution in [1.29, 1.82) is 0 Å². The Morgan fingerprint density at radius 2 is 2.23 bits per heavy atom. The molecule has 3 aromatic rings. The zero-order valence-electron chi connectivity index (χ0n) is 14.1. The van der Waals surface area contributed by atoms with E-state index in [9.17, 15) is 9.90 Å². The molecule has 0 bridgehead atoms. The van der Waals surface area contributed by atoms with Crippen LogP contribution in [0.2, 0.25) is 0 Å². The predicted molar refractivity (Wildman–Crippen MR) is 87.5 cm³/mol. The zero-order valence-corrected chi connectivity index (χ0v) is 14.1. The third-order valence-electron chi connectivity index (χ3n) is 4.42. The number of aryl methyl sites for hydroxylation is 1. The maximum atomic E-state index is 13.0. The highest BCUT2D eigenvalue weighted by atomic mass is 16.5. The summed E-state index contributed by atoms with van der Waals surface area (Å²) in [5, 5.41) is 25.1. The van der Waals surface area contributed by atoms with Gasteiger partial charge in [-0.05, 0) is 48.7 Å². The first-order chi connectivity index (χ1) is 12.6. The van der Waals surface area contributed by atoms with Crippen molar-refractivity contribution in [3.8, 4) is 11.4 Å². The van der Waals surface area contributed by atoms with Gasteiger partial charge in [0.1, 0.15) is 18.1 Å². The van der Waals surface area contributed by atoms with E-state index in [4.69, 9.17) is 4.52 Å². The van der Waals surface area contributed by atoms with E-state index in [1.54, 1.807) is 24.0 Å². The fourth-order valence-corrected chi connectivity index (χ4v) is 3.16. The van der Waals surface area contributed by atoms with Crippen LogP contribution in [0.4, 0.5) is 0 Å². The zero-order chi connectivity index (χ0) is 18.1. The Bertz CT molecular complexity index is 922. The average Bonchev–Trinajstić information content (AvgIpc) is 3.33. The highest BCUT2D eigenvalue weighted by molar-refractivity contribution is 5.97. The molecule has 1 N–H and O–H groups in total. The highest BCUT2D eigenvalue weighted by Crippen LogP contribution is 2.33. The van der Waals surface area contributed by atoms with Crippen LogP contribution in [0.3, 0.4) is 0 Å². The first-order valence-corrected chi connectivity index (χ1v) is 8.31. The van der Waals surface area contributed by atoms with Gasteiger partial charge in [-0.2, -0.15) is 4.98 Å². The highest BCUT2D eigenvalue weighted by Gasteiger charge is 2.33. The van der Waals surface area contributed by atoms with Crippen molar-refractivity contribution >= 4 is 5.91 Å². The Kier molecular flexibility index (Phi) is 4.07. The standard InChI is InChI=1S/C16H17N7O3/c1-10-18-15(26-19-10)13-4-2-3-7-22(13)16(25)12-6-5-11(8-14(12)24)23-9-17-20-21-23/h5-6,8-9,13,24H,2-4,7H2,1H3/t13-/m0/s1. The van der Waals surface area contributed by atoms with Crippen molar-refractivity contribution < 1.29 is 14.4 Å². The van der Waals surface area contributed by atoms with E-state index in [0.29, 0.717) is 23.9 Å². The molecule has 1 amide bonds. The number of likely N-dealkylation sites (tertiary alicyclic amines) is 1. The second-order valence-corrected chi connectivity index (χ2v) is 6.15. The lowest BCUT2D eigenvalue weighted by atomic mass is 10.00. The summed E-state index contributed by atoms with van der Waals surface area (Å²) in [5.74, 6) is 0.562. The van der Waals surface area contributed by atoms with E-state index in [2.05, 4.69) is 25.7 Å². The van der Waals surface area contributed by atoms with Crippen molar-refractivity contribution in [1.82, 2.24) is 35.2 Å². The Labute approximate surface area is 148 Å². The topological polar surface area (TPSA) is 123 Å². The first-order valence-electron chi connectivity index (χ1n) is 8.31. The number of hydrogen-bond donors (Lipinski definition) is 1. The van der Waals surface area contributed by atoms with E-state index in [0.717, 1.165) is 19.3 Å². The lowest BCUT2D eigenvalue weighted by Gasteiger charge is -2.33. The van der Waals surface area contributed by atoms with Gasteiger partial charge in [0.2, 0.25) is 5.89 Å². The molecule has 1 aliphatic heterocycles. The fraction of sp³-hybridized carbons (Fsp3) is 0.375. The maximum Gasteiger partial charge on any atom is 0.258 e. The minimum absolute atomic E-state index is 0.131. The van der Waals surface area contributed by atoms with Crippen molar-refractivity contribution in [2.45, 2.75) is 32.2 Å². The smallest absolute Gasteiger partial charge is 0.258 e. The van der Waals surface area contributed by atoms with Crippen LogP contribution in [0.15, 0.2) is 29.0 Å². The van der Waals surface area contributed by atoms with Crippen molar-refractivity contribution in [2.75, 3.05) is 6.54 Å². The molecule has 0 saturated carbocycles. The number of phenols is 1. The summed E-state index contributed by atoms with van der Waals surface area (Å²) in [6.07, 6.45) is 4.02. The number of aromatic nitrogens is 6. The molecule has 2 aromatic heterocycles. The van der Waals surface area contributed by atoms with E-state index in [-0.39, 0.29) is 23.3 Å². The number of hydrogen-bond acceptors (Lipinski definition) is 8. The van der Waals surface area contributed by atoms with Crippen LogP contribution < -0.4 is 0 Å². The maximum absolute atomic E-state index is 13.0. The summed E-state index contributed by atoms with van der Waals surface area (Å²) in [6, 6.07) is 4.42. The van der Waals surface area contributed by atoms with Gasteiger partial charge in [0.15, 0.2) is 5.82 Å². The summed E-state index contributed by atoms with van der Waals surface area (Å²) < 4.78 is 6.68. The Morgan fingerprint density at radius 3 is 2.92 bits per heavy atom. The molecule has 1 aromatic carbocycles. The molecule has 1 atom stereocenters. The van der Waals surface area contributed by atoms with Crippen LogP contribution in [0.25, 0.3) is 5.69 Å². The van der Waals surface area contributed by atoms with Crippen LogP contribution in [-0.2, 0) is 0 Å². The van der Waals surface area contributed by atoms with Gasteiger partial charge < -0.3 is 14.5 Å². The molecule has 1 saturated heterocycles. The molecular formula is C16H17N7O3. The second-order valence-electron chi connectivity index (χ2n) is 6.15. The van der Waals surface area contributed by atoms with E-state index in [1.165, 1.54) is 17.1 Å². The summed E-state index contributed by atoms with van der Waals surface area (Å²) in [5.41, 5.74) is 0.775. The second kappa shape index (κ2) is 6.54. The SMILES string of the molecule is Cc1noc([C@@H]2CCCCN2C(=O)c2ccc(-n3cnnn3)cc2O)n1. The number of nitrogens with zero attached hydrogens (tertiary/aromatic N) is 7. The van der Waals surface area contributed by atoms with Crippen LogP contribution in [0.1, 0.15) is 47.4 Å². The van der Waals surface area contributed by atoms with Crippen LogP contribution >= 0.6 is 0 Å². The van der Waals surface area contributed by atoms with Crippen molar-refractivity contribution in [2.24, 2.45) is 0 Å². The number of tetrazole rings is 1. The molecule has 10 heteroatoms. The molecule has 134 valence electrons. The molecule has 0 unspecified atom stereocenters. The predicted octanol–water partition coefficient (Wildman–Crippen LogP) is 1.43. The minimum Gasteiger partial charge on any atom is -0.507 e. The summed E-state index contributed by atoms with van der Waals surface area (Å²) in [4.78, 5) is 19.0. The molecule has 1 fully saturated rings. The fourth-order valence-electron chi connectivity index (χ4n) is 3.16. The number of amides is 1. The summed E-state index contributed by atoms with van der Waals surface area (Å²) >= 11 is 0. The first kappa shape index (κ1) is 16.2. The number of aromatic hydroxyl groups is 1. The minimum atomic E-state index is -0.281. The quantitative estimate of drug-likeness (QED) is 0.748. The van der Waals surface area contributed by atoms with Crippen LogP contribution in [-0.4, -0.2) is 52.8 Å². The third kappa shape index (κ3) is 2.89. The number of rotatable bonds is 3. The number of benzene rings is 1. The molecule has 1 aliphatic rings. The van der Waals surface area contributed by atoms with Crippen molar-refractivity contribution in [3.05, 3.63) is 41.8 Å². The van der Waals surface area contributed by atoms with E-state index in [1.807, 2.05) is 0 Å². The number of phenolic OH excluding ortho intramolecular Hbond substituents is 1. The van der Waals surface area contributed by atoms with Crippen LogP contribution in [0, 0.1) is 6.92 Å². The van der Waals surface area contributed by atoms with Gasteiger partial charge in [-0.1, -0.05) is 5.16 Å². The third-order valence-corrected chi connectivity index (χ3v) is 4.42. The normalized spacial score (nSPS) is 17.4. The van der Waals surface area contributed by atoms with Gasteiger partial charge in [-0.3, -0.25) is 4.79 Å². The molecule has 26 heavy (non-hydrogen) atoms. The average molecular weight is 355 g/mol. The van der Waals surface area contributed by atoms with Gasteiger partial charge in [-0.25, -0.2) is 4.68 Å². The van der Waals surface area contributed by atoms with Gasteiger partial charge in [0.05, 0.1) is 11.3 Å². The molecule has 3 heterocycles. The van der Waals surface area contributed by atoms with Crippen molar-refractivity contribution in [3.63, 3.8) is 0 Å². The number of piperidine rings is 1. The number of carbonyl (C=O) groups excluding carboxylic acids is 1.